The monoisotopic (exact) mass is 124 g/mol. The van der Waals surface area contributed by atoms with Crippen LogP contribution in [-0.2, 0) is 0 Å². The summed E-state index contributed by atoms with van der Waals surface area (Å²) in [5.41, 5.74) is 3.90. The summed E-state index contributed by atoms with van der Waals surface area (Å²) in [5.74, 6) is 0. The van der Waals surface area contributed by atoms with Gasteiger partial charge in [-0.05, 0) is 0 Å². The molecule has 0 aromatic heterocycles. The van der Waals surface area contributed by atoms with Gasteiger partial charge in [0.2, 0.25) is 0 Å². The first-order valence-electron chi connectivity index (χ1n) is 1.63. The molecule has 0 atom stereocenters. The second-order valence-corrected chi connectivity index (χ2v) is 2.44. The maximum absolute atomic E-state index is 3.54. The van der Waals surface area contributed by atoms with Gasteiger partial charge < -0.3 is 0 Å². The van der Waals surface area contributed by atoms with Crippen LogP contribution in [0.1, 0.15) is 0 Å². The molecule has 0 rings (SSSR count). The van der Waals surface area contributed by atoms with Crippen molar-refractivity contribution in [2.75, 3.05) is 0 Å². The minimum atomic E-state index is -0.0401. The molecule has 44 valence electrons. The Morgan fingerprint density at radius 2 is 1.29 bits per heavy atom. The van der Waals surface area contributed by atoms with Gasteiger partial charge in [0, 0.05) is 0 Å². The van der Waals surface area contributed by atoms with E-state index in [1.54, 1.807) is 0 Å². The van der Waals surface area contributed by atoms with Gasteiger partial charge in [-0.1, -0.05) is 0 Å². The van der Waals surface area contributed by atoms with Crippen LogP contribution in [0.3, 0.4) is 0 Å². The molecule has 0 bridgehead atoms. The van der Waals surface area contributed by atoms with Crippen LogP contribution >= 0.6 is 0 Å². The molecule has 3 heteroatoms. The largest absolute Gasteiger partial charge is 0.269 e. The molecule has 0 spiro atoms. The van der Waals surface area contributed by atoms with E-state index < -0.39 is 0 Å². The third-order valence-electron chi connectivity index (χ3n) is 0.333. The average Bonchev–Trinajstić information content (AvgIpc) is 1.41. The normalized spacial score (nSPS) is 4.57. The molecule has 7 heavy (non-hydrogen) atoms. The van der Waals surface area contributed by atoms with Gasteiger partial charge in [-0.15, -0.1) is 24.6 Å². The van der Waals surface area contributed by atoms with E-state index in [1.165, 1.54) is 0 Å². The fraction of sp³-hybridized carbons (Fsp3) is 0. The van der Waals surface area contributed by atoms with Gasteiger partial charge in [0.05, 0.1) is 9.52 Å². The average molecular weight is 124 g/mol. The lowest BCUT2D eigenvalue weighted by molar-refractivity contribution is 1.11. The second kappa shape index (κ2) is 17.7. The Hall–Kier alpha value is -0.443. The van der Waals surface area contributed by atoms with Crippen molar-refractivity contribution >= 4 is 9.52 Å². The number of halogens is 2. The van der Waals surface area contributed by atoms with Crippen molar-refractivity contribution in [2.45, 2.75) is 0 Å². The summed E-state index contributed by atoms with van der Waals surface area (Å²) in [4.78, 5) is 0. The van der Waals surface area contributed by atoms with Crippen molar-refractivity contribution in [1.82, 2.24) is 0 Å². The Labute approximate surface area is 44.5 Å². The highest BCUT2D eigenvalue weighted by molar-refractivity contribution is 6.47. The van der Waals surface area contributed by atoms with Crippen LogP contribution in [0.15, 0.2) is 24.6 Å². The lowest BCUT2D eigenvalue weighted by atomic mass is 11.2. The predicted molar refractivity (Wildman–Crippen MR) is 33.9 cm³/mol. The molecule has 0 saturated heterocycles. The molecule has 0 nitrogen and oxygen atoms in total. The van der Waals surface area contributed by atoms with Gasteiger partial charge in [-0.2, -0.15) is 0 Å². The molecule has 0 aliphatic carbocycles. The van der Waals surface area contributed by atoms with Gasteiger partial charge in [0.25, 0.3) is 0 Å². The molecule has 0 aromatic carbocycles. The lowest BCUT2D eigenvalue weighted by Gasteiger charge is -1.62. The van der Waals surface area contributed by atoms with E-state index in [1.807, 2.05) is 11.4 Å². The molecule has 0 unspecified atom stereocenters. The van der Waals surface area contributed by atoms with Gasteiger partial charge >= 0.3 is 0 Å². The van der Waals surface area contributed by atoms with E-state index >= 15 is 0 Å². The highest BCUT2D eigenvalue weighted by atomic mass is 28.2. The Bertz CT molecular complexity index is 39.0. The van der Waals surface area contributed by atoms with Crippen LogP contribution in [0.2, 0.25) is 0 Å². The quantitative estimate of drug-likeness (QED) is 0.476. The third kappa shape index (κ3) is 29.0. The molecule has 0 aliphatic heterocycles. The molecule has 0 radical (unpaired) electrons. The molecule has 0 N–H and O–H groups in total. The Morgan fingerprint density at radius 3 is 1.29 bits per heavy atom. The van der Waals surface area contributed by atoms with Crippen LogP contribution in [0.4, 0.5) is 9.41 Å². The molecular formula is C4H10F2Si. The Kier molecular flexibility index (Phi) is 40.4. The first-order chi connectivity index (χ1) is 2.41. The fourth-order valence-electron chi connectivity index (χ4n) is 0.118. The van der Waals surface area contributed by atoms with Gasteiger partial charge in [-0.3, -0.25) is 9.41 Å². The first-order valence-corrected chi connectivity index (χ1v) is 3.27. The summed E-state index contributed by atoms with van der Waals surface area (Å²) in [5, 5.41) is 0. The highest BCUT2D eigenvalue weighted by Gasteiger charge is 1.55. The zero-order valence-corrected chi connectivity index (χ0v) is 5.51. The standard InChI is InChI=1S/C4H8Si.2FH/c1-3-5-4-2;;/h3-4H,1-2,5H2;2*1H. The van der Waals surface area contributed by atoms with Crippen LogP contribution in [0.5, 0.6) is 0 Å². The minimum Gasteiger partial charge on any atom is -0.269 e. The number of rotatable bonds is 2. The van der Waals surface area contributed by atoms with E-state index in [9.17, 15) is 0 Å². The smallest absolute Gasteiger partial charge is 0.0676 e. The van der Waals surface area contributed by atoms with E-state index in [-0.39, 0.29) is 18.9 Å². The van der Waals surface area contributed by atoms with Crippen LogP contribution in [-0.4, -0.2) is 9.52 Å². The summed E-state index contributed by atoms with van der Waals surface area (Å²) in [6, 6.07) is 0. The van der Waals surface area contributed by atoms with Crippen LogP contribution < -0.4 is 0 Å². The molecular weight excluding hydrogens is 114 g/mol. The molecule has 0 saturated carbocycles. The Balaban J connectivity index is -0.0000000800. The van der Waals surface area contributed by atoms with Crippen molar-refractivity contribution in [2.24, 2.45) is 0 Å². The highest BCUT2D eigenvalue weighted by Crippen LogP contribution is 1.55. The maximum Gasteiger partial charge on any atom is 0.0676 e. The van der Waals surface area contributed by atoms with E-state index in [0.29, 0.717) is 0 Å². The van der Waals surface area contributed by atoms with Crippen molar-refractivity contribution in [1.29, 1.82) is 0 Å². The SMILES string of the molecule is C=C[SiH2]C=C.F.F. The van der Waals surface area contributed by atoms with Crippen molar-refractivity contribution in [3.63, 3.8) is 0 Å². The molecule has 0 aliphatic rings. The van der Waals surface area contributed by atoms with Crippen LogP contribution in [0, 0.1) is 0 Å². The van der Waals surface area contributed by atoms with E-state index in [0.717, 1.165) is 0 Å². The third-order valence-corrected chi connectivity index (χ3v) is 1.00. The predicted octanol–water partition coefficient (Wildman–Crippen LogP) is 0.747. The minimum absolute atomic E-state index is 0. The zero-order valence-electron chi connectivity index (χ0n) is 4.09. The zero-order chi connectivity index (χ0) is 4.12. The van der Waals surface area contributed by atoms with E-state index in [4.69, 9.17) is 0 Å². The fourth-order valence-corrected chi connectivity index (χ4v) is 0.354. The number of hydrogen-bond acceptors (Lipinski definition) is 0. The summed E-state index contributed by atoms with van der Waals surface area (Å²) < 4.78 is 0. The van der Waals surface area contributed by atoms with Gasteiger partial charge in [0.1, 0.15) is 0 Å². The van der Waals surface area contributed by atoms with E-state index in [2.05, 4.69) is 13.2 Å². The van der Waals surface area contributed by atoms with Crippen molar-refractivity contribution in [3.8, 4) is 0 Å². The first kappa shape index (κ1) is 16.0. The molecule has 0 aromatic rings. The Morgan fingerprint density at radius 1 is 1.00 bits per heavy atom. The molecule has 0 fully saturated rings. The van der Waals surface area contributed by atoms with Gasteiger partial charge in [0.15, 0.2) is 0 Å². The second-order valence-electron chi connectivity index (χ2n) is 0.813. The molecule has 0 amide bonds. The van der Waals surface area contributed by atoms with Gasteiger partial charge in [-0.25, -0.2) is 0 Å². The topological polar surface area (TPSA) is 0 Å². The summed E-state index contributed by atoms with van der Waals surface area (Å²) in [6.45, 7) is 7.08. The summed E-state index contributed by atoms with van der Waals surface area (Å²) >= 11 is 0. The van der Waals surface area contributed by atoms with Crippen molar-refractivity contribution < 1.29 is 9.41 Å². The van der Waals surface area contributed by atoms with Crippen LogP contribution in [0.25, 0.3) is 0 Å². The lowest BCUT2D eigenvalue weighted by Crippen LogP contribution is -1.67. The van der Waals surface area contributed by atoms with Crippen molar-refractivity contribution in [3.05, 3.63) is 24.6 Å². The maximum atomic E-state index is 3.54. The number of hydrogen-bond donors (Lipinski definition) is 0. The summed E-state index contributed by atoms with van der Waals surface area (Å²) in [6.07, 6.45) is 0. The summed E-state index contributed by atoms with van der Waals surface area (Å²) in [7, 11) is -0.0401. The molecule has 0 heterocycles.